The van der Waals surface area contributed by atoms with E-state index in [9.17, 15) is 14.4 Å². The number of hydrogen-bond donors (Lipinski definition) is 1. The van der Waals surface area contributed by atoms with Gasteiger partial charge < -0.3 is 10.1 Å². The summed E-state index contributed by atoms with van der Waals surface area (Å²) >= 11 is 0.826. The highest BCUT2D eigenvalue weighted by Gasteiger charge is 2.36. The van der Waals surface area contributed by atoms with Gasteiger partial charge in [0, 0.05) is 5.69 Å². The number of thioether (sulfide) groups is 1. The molecule has 1 N–H and O–H groups in total. The number of nitrogens with one attached hydrogen (secondary N) is 1. The normalized spacial score (nSPS) is 14.6. The Bertz CT molecular complexity index is 1190. The van der Waals surface area contributed by atoms with Crippen LogP contribution in [0.5, 0.6) is 5.75 Å². The summed E-state index contributed by atoms with van der Waals surface area (Å²) in [7, 11) is 0. The van der Waals surface area contributed by atoms with Crippen molar-refractivity contribution in [3.8, 4) is 5.75 Å². The lowest BCUT2D eigenvalue weighted by Crippen LogP contribution is -2.36. The van der Waals surface area contributed by atoms with Gasteiger partial charge in [-0.05, 0) is 60.2 Å². The Morgan fingerprint density at radius 1 is 0.970 bits per heavy atom. The van der Waals surface area contributed by atoms with Gasteiger partial charge >= 0.3 is 0 Å². The van der Waals surface area contributed by atoms with Crippen molar-refractivity contribution in [3.63, 3.8) is 0 Å². The first-order valence-electron chi connectivity index (χ1n) is 10.4. The fraction of sp³-hybridized carbons (Fsp3) is 0.115. The molecule has 3 aromatic carbocycles. The number of rotatable bonds is 7. The highest BCUT2D eigenvalue weighted by Crippen LogP contribution is 2.32. The second kappa shape index (κ2) is 10.2. The topological polar surface area (TPSA) is 75.7 Å². The van der Waals surface area contributed by atoms with Crippen LogP contribution in [0.4, 0.5) is 10.5 Å². The second-order valence-corrected chi connectivity index (χ2v) is 8.52. The molecular formula is C26H22N2O4S. The number of ether oxygens (including phenoxy) is 1. The molecule has 1 fully saturated rings. The summed E-state index contributed by atoms with van der Waals surface area (Å²) < 4.78 is 5.77. The number of imide groups is 1. The molecular weight excluding hydrogens is 436 g/mol. The van der Waals surface area contributed by atoms with E-state index in [-0.39, 0.29) is 11.4 Å². The molecule has 7 heteroatoms. The molecule has 3 amide bonds. The highest BCUT2D eigenvalue weighted by atomic mass is 32.2. The van der Waals surface area contributed by atoms with Crippen LogP contribution in [0.1, 0.15) is 16.7 Å². The van der Waals surface area contributed by atoms with Crippen LogP contribution in [0.25, 0.3) is 6.08 Å². The van der Waals surface area contributed by atoms with E-state index in [1.54, 1.807) is 18.2 Å². The number of nitrogens with zero attached hydrogens (tertiary/aromatic N) is 1. The zero-order valence-corrected chi connectivity index (χ0v) is 18.8. The molecule has 1 heterocycles. The minimum Gasteiger partial charge on any atom is -0.489 e. The van der Waals surface area contributed by atoms with Crippen LogP contribution in [0.3, 0.4) is 0 Å². The molecule has 33 heavy (non-hydrogen) atoms. The first kappa shape index (κ1) is 22.4. The predicted octanol–water partition coefficient (Wildman–Crippen LogP) is 5.25. The molecule has 1 saturated heterocycles. The fourth-order valence-corrected chi connectivity index (χ4v) is 4.01. The molecule has 0 aromatic heterocycles. The summed E-state index contributed by atoms with van der Waals surface area (Å²) in [4.78, 5) is 38.6. The fourth-order valence-electron chi connectivity index (χ4n) is 3.17. The van der Waals surface area contributed by atoms with Gasteiger partial charge in [-0.15, -0.1) is 0 Å². The van der Waals surface area contributed by atoms with E-state index in [0.29, 0.717) is 18.0 Å². The monoisotopic (exact) mass is 458 g/mol. The van der Waals surface area contributed by atoms with Crippen LogP contribution in [0.15, 0.2) is 83.8 Å². The number of carbonyl (C=O) groups is 3. The number of hydrogen-bond acceptors (Lipinski definition) is 5. The summed E-state index contributed by atoms with van der Waals surface area (Å²) in [6, 6.07) is 24.4. The van der Waals surface area contributed by atoms with Crippen molar-refractivity contribution in [1.82, 2.24) is 4.90 Å². The average molecular weight is 459 g/mol. The maximum absolute atomic E-state index is 12.7. The van der Waals surface area contributed by atoms with Crippen molar-refractivity contribution < 1.29 is 19.1 Å². The second-order valence-electron chi connectivity index (χ2n) is 7.53. The molecule has 4 rings (SSSR count). The molecule has 1 aliphatic rings. The zero-order chi connectivity index (χ0) is 23.2. The molecule has 1 aliphatic heterocycles. The van der Waals surface area contributed by atoms with Crippen LogP contribution in [0, 0.1) is 6.92 Å². The SMILES string of the molecule is Cc1ccc(NC(=O)CN2C(=O)SC(=Cc3ccc(OCc4ccccc4)cc3)C2=O)cc1. The largest absolute Gasteiger partial charge is 0.489 e. The third-order valence-corrected chi connectivity index (χ3v) is 5.84. The Morgan fingerprint density at radius 3 is 2.36 bits per heavy atom. The molecule has 6 nitrogen and oxygen atoms in total. The molecule has 166 valence electrons. The molecule has 0 bridgehead atoms. The molecule has 0 unspecified atom stereocenters. The maximum atomic E-state index is 12.7. The van der Waals surface area contributed by atoms with Crippen LogP contribution in [0.2, 0.25) is 0 Å². The van der Waals surface area contributed by atoms with Crippen molar-refractivity contribution in [3.05, 3.63) is 100 Å². The van der Waals surface area contributed by atoms with Crippen molar-refractivity contribution >= 4 is 40.6 Å². The van der Waals surface area contributed by atoms with Crippen LogP contribution in [-0.2, 0) is 16.2 Å². The quantitative estimate of drug-likeness (QED) is 0.490. The zero-order valence-electron chi connectivity index (χ0n) is 18.0. The Hall–Kier alpha value is -3.84. The minimum absolute atomic E-state index is 0.279. The molecule has 0 saturated carbocycles. The Labute approximate surface area is 196 Å². The van der Waals surface area contributed by atoms with Gasteiger partial charge in [0.15, 0.2) is 0 Å². The lowest BCUT2D eigenvalue weighted by Gasteiger charge is -2.12. The highest BCUT2D eigenvalue weighted by molar-refractivity contribution is 8.18. The third-order valence-electron chi connectivity index (χ3n) is 4.94. The molecule has 0 spiro atoms. The maximum Gasteiger partial charge on any atom is 0.294 e. The first-order chi connectivity index (χ1) is 16.0. The van der Waals surface area contributed by atoms with E-state index in [0.717, 1.165) is 33.4 Å². The molecule has 0 atom stereocenters. The standard InChI is InChI=1S/C26H22N2O4S/c1-18-7-11-21(12-8-18)27-24(29)16-28-25(30)23(33-26(28)31)15-19-9-13-22(14-10-19)32-17-20-5-3-2-4-6-20/h2-15H,16-17H2,1H3,(H,27,29). The third kappa shape index (κ3) is 5.90. The smallest absolute Gasteiger partial charge is 0.294 e. The lowest BCUT2D eigenvalue weighted by molar-refractivity contribution is -0.127. The van der Waals surface area contributed by atoms with Crippen molar-refractivity contribution in [2.75, 3.05) is 11.9 Å². The molecule has 0 aliphatic carbocycles. The van der Waals surface area contributed by atoms with Crippen LogP contribution in [-0.4, -0.2) is 28.5 Å². The van der Waals surface area contributed by atoms with E-state index in [2.05, 4.69) is 5.32 Å². The summed E-state index contributed by atoms with van der Waals surface area (Å²) in [5.74, 6) is -0.201. The van der Waals surface area contributed by atoms with Crippen molar-refractivity contribution in [2.45, 2.75) is 13.5 Å². The summed E-state index contributed by atoms with van der Waals surface area (Å²) in [6.45, 7) is 2.08. The van der Waals surface area contributed by atoms with E-state index >= 15 is 0 Å². The van der Waals surface area contributed by atoms with Gasteiger partial charge in [0.2, 0.25) is 5.91 Å². The van der Waals surface area contributed by atoms with Gasteiger partial charge in [-0.25, -0.2) is 0 Å². The number of aryl methyl sites for hydroxylation is 1. The molecule has 0 radical (unpaired) electrons. The number of amides is 3. The first-order valence-corrected chi connectivity index (χ1v) is 11.2. The Balaban J connectivity index is 1.35. The summed E-state index contributed by atoms with van der Waals surface area (Å²) in [5, 5.41) is 2.24. The number of benzene rings is 3. The van der Waals surface area contributed by atoms with Crippen molar-refractivity contribution in [1.29, 1.82) is 0 Å². The van der Waals surface area contributed by atoms with Gasteiger partial charge in [0.25, 0.3) is 11.1 Å². The van der Waals surface area contributed by atoms with Gasteiger partial charge in [-0.2, -0.15) is 0 Å². The van der Waals surface area contributed by atoms with E-state index in [1.165, 1.54) is 0 Å². The Morgan fingerprint density at radius 2 is 1.67 bits per heavy atom. The van der Waals surface area contributed by atoms with Crippen molar-refractivity contribution in [2.24, 2.45) is 0 Å². The van der Waals surface area contributed by atoms with E-state index < -0.39 is 17.1 Å². The number of anilines is 1. The van der Waals surface area contributed by atoms with Crippen LogP contribution >= 0.6 is 11.8 Å². The Kier molecular flexibility index (Phi) is 6.90. The molecule has 3 aromatic rings. The van der Waals surface area contributed by atoms with Gasteiger partial charge in [-0.1, -0.05) is 60.2 Å². The summed E-state index contributed by atoms with van der Waals surface area (Å²) in [6.07, 6.45) is 1.64. The van der Waals surface area contributed by atoms with Gasteiger partial charge in [0.1, 0.15) is 18.9 Å². The lowest BCUT2D eigenvalue weighted by atomic mass is 10.2. The minimum atomic E-state index is -0.478. The average Bonchev–Trinajstić information content (AvgIpc) is 3.08. The van der Waals surface area contributed by atoms with E-state index in [4.69, 9.17) is 4.74 Å². The van der Waals surface area contributed by atoms with Crippen LogP contribution < -0.4 is 10.1 Å². The summed E-state index contributed by atoms with van der Waals surface area (Å²) in [5.41, 5.74) is 3.51. The predicted molar refractivity (Wildman–Crippen MR) is 130 cm³/mol. The number of carbonyl (C=O) groups excluding carboxylic acids is 3. The van der Waals surface area contributed by atoms with Gasteiger partial charge in [0.05, 0.1) is 4.91 Å². The van der Waals surface area contributed by atoms with E-state index in [1.807, 2.05) is 73.7 Å². The van der Waals surface area contributed by atoms with Gasteiger partial charge in [-0.3, -0.25) is 19.3 Å².